The van der Waals surface area contributed by atoms with Crippen molar-refractivity contribution in [2.45, 2.75) is 13.0 Å². The van der Waals surface area contributed by atoms with E-state index in [0.29, 0.717) is 24.4 Å². The topological polar surface area (TPSA) is 104 Å². The van der Waals surface area contributed by atoms with E-state index in [-0.39, 0.29) is 12.3 Å². The quantitative estimate of drug-likeness (QED) is 0.441. The lowest BCUT2D eigenvalue weighted by Gasteiger charge is -2.06. The van der Waals surface area contributed by atoms with E-state index < -0.39 is 11.0 Å². The first-order valence-corrected chi connectivity index (χ1v) is 7.89. The Kier molecular flexibility index (Phi) is 7.11. The summed E-state index contributed by atoms with van der Waals surface area (Å²) < 4.78 is 10.2. The van der Waals surface area contributed by atoms with Crippen LogP contribution in [-0.2, 0) is 11.3 Å². The van der Waals surface area contributed by atoms with E-state index in [1.807, 2.05) is 30.3 Å². The molecule has 1 heterocycles. The first-order chi connectivity index (χ1) is 12.6. The van der Waals surface area contributed by atoms with Gasteiger partial charge in [-0.15, -0.1) is 0 Å². The second-order valence-corrected chi connectivity index (χ2v) is 5.23. The number of nitrogens with zero attached hydrogens (tertiary/aromatic N) is 2. The van der Waals surface area contributed by atoms with Crippen LogP contribution in [0.25, 0.3) is 6.08 Å². The molecule has 0 saturated heterocycles. The Balaban J connectivity index is 1.77. The lowest BCUT2D eigenvalue weighted by Crippen LogP contribution is -2.24. The van der Waals surface area contributed by atoms with Gasteiger partial charge >= 0.3 is 6.09 Å². The molecule has 0 bridgehead atoms. The highest BCUT2D eigenvalue weighted by Crippen LogP contribution is 2.22. The van der Waals surface area contributed by atoms with E-state index in [2.05, 4.69) is 10.3 Å². The lowest BCUT2D eigenvalue weighted by molar-refractivity contribution is -0.385. The number of hydrogen-bond acceptors (Lipinski definition) is 6. The van der Waals surface area contributed by atoms with Crippen LogP contribution in [0.3, 0.4) is 0 Å². The summed E-state index contributed by atoms with van der Waals surface area (Å²) >= 11 is 0. The predicted octanol–water partition coefficient (Wildman–Crippen LogP) is 3.33. The number of hydrogen-bond donors (Lipinski definition) is 1. The molecule has 0 aliphatic carbocycles. The fraction of sp³-hybridized carbons (Fsp3) is 0.222. The molecule has 8 nitrogen and oxygen atoms in total. The fourth-order valence-electron chi connectivity index (χ4n) is 2.09. The van der Waals surface area contributed by atoms with Gasteiger partial charge in [0.05, 0.1) is 12.0 Å². The number of nitrogens with one attached hydrogen (secondary N) is 1. The molecule has 1 N–H and O–H groups in total. The molecule has 0 aliphatic heterocycles. The van der Waals surface area contributed by atoms with Gasteiger partial charge in [0, 0.05) is 18.2 Å². The van der Waals surface area contributed by atoms with Gasteiger partial charge < -0.3 is 14.8 Å². The van der Waals surface area contributed by atoms with Crippen LogP contribution < -0.4 is 10.1 Å². The Labute approximate surface area is 150 Å². The molecule has 2 aromatic rings. The van der Waals surface area contributed by atoms with Crippen molar-refractivity contribution in [1.82, 2.24) is 10.3 Å². The zero-order valence-corrected chi connectivity index (χ0v) is 14.3. The van der Waals surface area contributed by atoms with Crippen LogP contribution in [0.1, 0.15) is 17.5 Å². The number of benzene rings is 1. The standard InChI is InChI=1S/C18H19N3O5/c1-25-17-15(11-16(12-20-17)21(23)24)9-5-6-10-19-18(22)26-13-14-7-3-2-4-8-14/h2-5,7-9,11-12H,6,10,13H2,1H3,(H,19,22). The van der Waals surface area contributed by atoms with Crippen molar-refractivity contribution in [1.29, 1.82) is 0 Å². The van der Waals surface area contributed by atoms with Gasteiger partial charge in [-0.25, -0.2) is 9.78 Å². The average Bonchev–Trinajstić information content (AvgIpc) is 2.66. The van der Waals surface area contributed by atoms with Gasteiger partial charge in [-0.1, -0.05) is 42.5 Å². The van der Waals surface area contributed by atoms with E-state index in [0.717, 1.165) is 11.8 Å². The molecule has 1 amide bonds. The van der Waals surface area contributed by atoms with Crippen molar-refractivity contribution >= 4 is 17.9 Å². The number of methoxy groups -OCH3 is 1. The summed E-state index contributed by atoms with van der Waals surface area (Å²) in [6.07, 6.45) is 4.58. The summed E-state index contributed by atoms with van der Waals surface area (Å²) in [5, 5.41) is 13.4. The Morgan fingerprint density at radius 3 is 2.81 bits per heavy atom. The molecule has 1 aromatic carbocycles. The number of pyridine rings is 1. The maximum Gasteiger partial charge on any atom is 0.407 e. The molecule has 0 aliphatic rings. The Bertz CT molecular complexity index is 778. The smallest absolute Gasteiger partial charge is 0.407 e. The maximum atomic E-state index is 11.6. The number of aromatic nitrogens is 1. The largest absolute Gasteiger partial charge is 0.481 e. The van der Waals surface area contributed by atoms with Crippen LogP contribution in [0.15, 0.2) is 48.7 Å². The molecule has 136 valence electrons. The zero-order chi connectivity index (χ0) is 18.8. The minimum Gasteiger partial charge on any atom is -0.481 e. The Morgan fingerprint density at radius 2 is 2.12 bits per heavy atom. The maximum absolute atomic E-state index is 11.6. The number of amides is 1. The highest BCUT2D eigenvalue weighted by Gasteiger charge is 2.10. The number of ether oxygens (including phenoxy) is 2. The summed E-state index contributed by atoms with van der Waals surface area (Å²) in [5.74, 6) is 0.294. The van der Waals surface area contributed by atoms with Crippen molar-refractivity contribution in [2.75, 3.05) is 13.7 Å². The molecule has 1 aromatic heterocycles. The summed E-state index contributed by atoms with van der Waals surface area (Å²) in [6.45, 7) is 0.577. The van der Waals surface area contributed by atoms with Crippen LogP contribution in [0, 0.1) is 10.1 Å². The van der Waals surface area contributed by atoms with Gasteiger partial charge in [0.25, 0.3) is 5.69 Å². The molecule has 0 atom stereocenters. The van der Waals surface area contributed by atoms with E-state index >= 15 is 0 Å². The third kappa shape index (κ3) is 5.90. The SMILES string of the molecule is COc1ncc([N+](=O)[O-])cc1C=CCCNC(=O)OCc1ccccc1. The first kappa shape index (κ1) is 18.9. The Morgan fingerprint density at radius 1 is 1.35 bits per heavy atom. The molecule has 2 rings (SSSR count). The normalized spacial score (nSPS) is 10.5. The highest BCUT2D eigenvalue weighted by molar-refractivity contribution is 5.67. The monoisotopic (exact) mass is 357 g/mol. The Hall–Kier alpha value is -3.42. The summed E-state index contributed by atoms with van der Waals surface area (Å²) in [6, 6.07) is 10.8. The molecule has 8 heteroatoms. The first-order valence-electron chi connectivity index (χ1n) is 7.89. The van der Waals surface area contributed by atoms with Gasteiger partial charge in [0.1, 0.15) is 12.8 Å². The minimum absolute atomic E-state index is 0.118. The van der Waals surface area contributed by atoms with Crippen molar-refractivity contribution < 1.29 is 19.2 Å². The molecule has 26 heavy (non-hydrogen) atoms. The molecule has 0 unspecified atom stereocenters. The van der Waals surface area contributed by atoms with Gasteiger partial charge in [-0.2, -0.15) is 0 Å². The summed E-state index contributed by atoms with van der Waals surface area (Å²) in [5.41, 5.74) is 1.29. The fourth-order valence-corrected chi connectivity index (χ4v) is 2.09. The molecule has 0 fully saturated rings. The summed E-state index contributed by atoms with van der Waals surface area (Å²) in [7, 11) is 1.44. The number of carbonyl (C=O) groups excluding carboxylic acids is 1. The number of alkyl carbamates (subject to hydrolysis) is 1. The molecule has 0 saturated carbocycles. The predicted molar refractivity (Wildman–Crippen MR) is 95.7 cm³/mol. The van der Waals surface area contributed by atoms with E-state index in [4.69, 9.17) is 9.47 Å². The van der Waals surface area contributed by atoms with E-state index in [1.165, 1.54) is 13.2 Å². The third-order valence-corrected chi connectivity index (χ3v) is 3.36. The van der Waals surface area contributed by atoms with Gasteiger partial charge in [-0.05, 0) is 12.0 Å². The molecule has 0 radical (unpaired) electrons. The van der Waals surface area contributed by atoms with Crippen molar-refractivity contribution in [3.05, 3.63) is 69.9 Å². The number of nitro groups is 1. The summed E-state index contributed by atoms with van der Waals surface area (Å²) in [4.78, 5) is 25.8. The van der Waals surface area contributed by atoms with Crippen LogP contribution in [0.4, 0.5) is 10.5 Å². The van der Waals surface area contributed by atoms with Crippen LogP contribution in [0.5, 0.6) is 5.88 Å². The minimum atomic E-state index is -0.520. The van der Waals surface area contributed by atoms with E-state index in [1.54, 1.807) is 12.2 Å². The second kappa shape index (κ2) is 9.77. The molecular weight excluding hydrogens is 338 g/mol. The average molecular weight is 357 g/mol. The van der Waals surface area contributed by atoms with Crippen LogP contribution in [-0.4, -0.2) is 29.7 Å². The van der Waals surface area contributed by atoms with Crippen LogP contribution >= 0.6 is 0 Å². The van der Waals surface area contributed by atoms with Crippen molar-refractivity contribution in [3.63, 3.8) is 0 Å². The number of carbonyl (C=O) groups is 1. The van der Waals surface area contributed by atoms with Gasteiger partial charge in [-0.3, -0.25) is 10.1 Å². The zero-order valence-electron chi connectivity index (χ0n) is 14.3. The van der Waals surface area contributed by atoms with Crippen LogP contribution in [0.2, 0.25) is 0 Å². The molecule has 0 spiro atoms. The third-order valence-electron chi connectivity index (χ3n) is 3.36. The second-order valence-electron chi connectivity index (χ2n) is 5.23. The highest BCUT2D eigenvalue weighted by atomic mass is 16.6. The van der Waals surface area contributed by atoms with Gasteiger partial charge in [0.15, 0.2) is 0 Å². The number of rotatable bonds is 8. The van der Waals surface area contributed by atoms with E-state index in [9.17, 15) is 14.9 Å². The van der Waals surface area contributed by atoms with Crippen molar-refractivity contribution in [2.24, 2.45) is 0 Å². The lowest BCUT2D eigenvalue weighted by atomic mass is 10.2. The van der Waals surface area contributed by atoms with Gasteiger partial charge in [0.2, 0.25) is 5.88 Å². The molecular formula is C18H19N3O5. The van der Waals surface area contributed by atoms with Crippen molar-refractivity contribution in [3.8, 4) is 5.88 Å².